The van der Waals surface area contributed by atoms with Crippen LogP contribution >= 0.6 is 12.4 Å². The van der Waals surface area contributed by atoms with Crippen LogP contribution in [0.1, 0.15) is 11.5 Å². The number of carbonyl (C=O) groups excluding carboxylic acids is 1. The highest BCUT2D eigenvalue weighted by Crippen LogP contribution is 2.29. The Morgan fingerprint density at radius 2 is 2.15 bits per heavy atom. The van der Waals surface area contributed by atoms with Gasteiger partial charge in [0.1, 0.15) is 6.33 Å². The van der Waals surface area contributed by atoms with E-state index in [1.807, 2.05) is 55.3 Å². The SMILES string of the molecule is Cl.Cn1cc([C@H]2CNC[C@@H]2C(=O)Nc2cccc(-c3nncn3C)c2)cn1. The molecular formula is C18H22ClN7O. The Kier molecular flexibility index (Phi) is 5.57. The van der Waals surface area contributed by atoms with Gasteiger partial charge in [-0.15, -0.1) is 22.6 Å². The number of aromatic nitrogens is 5. The van der Waals surface area contributed by atoms with Gasteiger partial charge in [0, 0.05) is 50.6 Å². The Morgan fingerprint density at radius 1 is 1.30 bits per heavy atom. The van der Waals surface area contributed by atoms with E-state index in [1.54, 1.807) is 11.0 Å². The van der Waals surface area contributed by atoms with Crippen LogP contribution in [-0.2, 0) is 18.9 Å². The van der Waals surface area contributed by atoms with Crippen LogP contribution in [0.3, 0.4) is 0 Å². The third kappa shape index (κ3) is 3.86. The van der Waals surface area contributed by atoms with E-state index in [-0.39, 0.29) is 30.2 Å². The van der Waals surface area contributed by atoms with E-state index >= 15 is 0 Å². The molecule has 1 aliphatic heterocycles. The second-order valence-electron chi connectivity index (χ2n) is 6.65. The zero-order valence-electron chi connectivity index (χ0n) is 15.2. The van der Waals surface area contributed by atoms with Gasteiger partial charge in [0.15, 0.2) is 5.82 Å². The van der Waals surface area contributed by atoms with Crippen LogP contribution in [0.15, 0.2) is 43.0 Å². The number of aryl methyl sites for hydroxylation is 2. The first-order valence-electron chi connectivity index (χ1n) is 8.56. The molecule has 8 nitrogen and oxygen atoms in total. The summed E-state index contributed by atoms with van der Waals surface area (Å²) in [6.45, 7) is 1.44. The van der Waals surface area contributed by atoms with E-state index in [0.717, 1.165) is 29.2 Å². The molecule has 3 heterocycles. The van der Waals surface area contributed by atoms with Crippen molar-refractivity contribution in [2.24, 2.45) is 20.0 Å². The van der Waals surface area contributed by atoms with E-state index in [2.05, 4.69) is 25.9 Å². The summed E-state index contributed by atoms with van der Waals surface area (Å²) >= 11 is 0. The van der Waals surface area contributed by atoms with Crippen LogP contribution in [0.2, 0.25) is 0 Å². The van der Waals surface area contributed by atoms with Gasteiger partial charge in [-0.1, -0.05) is 12.1 Å². The van der Waals surface area contributed by atoms with Crippen molar-refractivity contribution in [3.05, 3.63) is 48.5 Å². The predicted octanol–water partition coefficient (Wildman–Crippen LogP) is 1.58. The minimum absolute atomic E-state index is 0. The van der Waals surface area contributed by atoms with Crippen LogP contribution in [0.5, 0.6) is 0 Å². The number of nitrogens with one attached hydrogen (secondary N) is 2. The zero-order chi connectivity index (χ0) is 18.1. The topological polar surface area (TPSA) is 89.7 Å². The summed E-state index contributed by atoms with van der Waals surface area (Å²) in [7, 11) is 3.78. The molecular weight excluding hydrogens is 366 g/mol. The number of amides is 1. The first-order valence-corrected chi connectivity index (χ1v) is 8.56. The molecule has 0 aliphatic carbocycles. The molecule has 0 unspecified atom stereocenters. The number of anilines is 1. The smallest absolute Gasteiger partial charge is 0.229 e. The summed E-state index contributed by atoms with van der Waals surface area (Å²) in [5, 5.41) is 18.6. The molecule has 1 aromatic carbocycles. The molecule has 2 aromatic heterocycles. The molecule has 27 heavy (non-hydrogen) atoms. The van der Waals surface area contributed by atoms with E-state index in [4.69, 9.17) is 0 Å². The van der Waals surface area contributed by atoms with E-state index in [1.165, 1.54) is 0 Å². The highest BCUT2D eigenvalue weighted by atomic mass is 35.5. The maximum absolute atomic E-state index is 12.9. The number of hydrogen-bond donors (Lipinski definition) is 2. The van der Waals surface area contributed by atoms with Crippen LogP contribution < -0.4 is 10.6 Å². The van der Waals surface area contributed by atoms with E-state index < -0.39 is 0 Å². The normalized spacial score (nSPS) is 18.9. The Bertz CT molecular complexity index is 935. The van der Waals surface area contributed by atoms with Crippen molar-refractivity contribution in [1.29, 1.82) is 0 Å². The summed E-state index contributed by atoms with van der Waals surface area (Å²) in [5.74, 6) is 0.777. The summed E-state index contributed by atoms with van der Waals surface area (Å²) < 4.78 is 3.62. The number of benzene rings is 1. The first kappa shape index (κ1) is 19.1. The lowest BCUT2D eigenvalue weighted by Gasteiger charge is -2.17. The monoisotopic (exact) mass is 387 g/mol. The van der Waals surface area contributed by atoms with E-state index in [9.17, 15) is 4.79 Å². The molecule has 142 valence electrons. The second kappa shape index (κ2) is 7.89. The zero-order valence-corrected chi connectivity index (χ0v) is 16.0. The second-order valence-corrected chi connectivity index (χ2v) is 6.65. The van der Waals surface area contributed by atoms with Crippen molar-refractivity contribution in [2.75, 3.05) is 18.4 Å². The van der Waals surface area contributed by atoms with Crippen molar-refractivity contribution >= 4 is 24.0 Å². The predicted molar refractivity (Wildman–Crippen MR) is 105 cm³/mol. The number of carbonyl (C=O) groups is 1. The average Bonchev–Trinajstić information content (AvgIpc) is 3.35. The van der Waals surface area contributed by atoms with Gasteiger partial charge < -0.3 is 15.2 Å². The average molecular weight is 388 g/mol. The number of rotatable bonds is 4. The number of halogens is 1. The Hall–Kier alpha value is -2.71. The number of nitrogens with zero attached hydrogens (tertiary/aromatic N) is 5. The summed E-state index contributed by atoms with van der Waals surface area (Å²) in [6.07, 6.45) is 5.47. The van der Waals surface area contributed by atoms with Gasteiger partial charge in [-0.2, -0.15) is 5.10 Å². The van der Waals surface area contributed by atoms with Gasteiger partial charge in [-0.05, 0) is 17.7 Å². The van der Waals surface area contributed by atoms with Gasteiger partial charge in [0.05, 0.1) is 12.1 Å². The molecule has 9 heteroatoms. The van der Waals surface area contributed by atoms with Crippen molar-refractivity contribution in [2.45, 2.75) is 5.92 Å². The van der Waals surface area contributed by atoms with E-state index in [0.29, 0.717) is 6.54 Å². The van der Waals surface area contributed by atoms with Crippen LogP contribution in [0.4, 0.5) is 5.69 Å². The molecule has 3 aromatic rings. The molecule has 1 fully saturated rings. The fourth-order valence-electron chi connectivity index (χ4n) is 3.45. The fourth-order valence-corrected chi connectivity index (χ4v) is 3.45. The lowest BCUT2D eigenvalue weighted by Crippen LogP contribution is -2.28. The van der Waals surface area contributed by atoms with Gasteiger partial charge in [-0.3, -0.25) is 9.48 Å². The van der Waals surface area contributed by atoms with Crippen LogP contribution in [0.25, 0.3) is 11.4 Å². The molecule has 2 N–H and O–H groups in total. The maximum atomic E-state index is 12.9. The third-order valence-electron chi connectivity index (χ3n) is 4.80. The lowest BCUT2D eigenvalue weighted by molar-refractivity contribution is -0.119. The Morgan fingerprint density at radius 3 is 2.85 bits per heavy atom. The molecule has 0 bridgehead atoms. The maximum Gasteiger partial charge on any atom is 0.229 e. The molecule has 2 atom stereocenters. The summed E-state index contributed by atoms with van der Waals surface area (Å²) in [6, 6.07) is 7.67. The van der Waals surface area contributed by atoms with Crippen molar-refractivity contribution in [1.82, 2.24) is 29.9 Å². The van der Waals surface area contributed by atoms with Crippen LogP contribution in [-0.4, -0.2) is 43.5 Å². The summed E-state index contributed by atoms with van der Waals surface area (Å²) in [4.78, 5) is 12.9. The molecule has 4 rings (SSSR count). The first-order chi connectivity index (χ1) is 12.6. The fraction of sp³-hybridized carbons (Fsp3) is 0.333. The van der Waals surface area contributed by atoms with Gasteiger partial charge in [0.2, 0.25) is 5.91 Å². The number of hydrogen-bond acceptors (Lipinski definition) is 5. The quantitative estimate of drug-likeness (QED) is 0.709. The highest BCUT2D eigenvalue weighted by molar-refractivity contribution is 5.94. The minimum Gasteiger partial charge on any atom is -0.326 e. The van der Waals surface area contributed by atoms with Crippen molar-refractivity contribution in [3.63, 3.8) is 0 Å². The molecule has 0 saturated carbocycles. The van der Waals surface area contributed by atoms with Crippen molar-refractivity contribution in [3.8, 4) is 11.4 Å². The summed E-state index contributed by atoms with van der Waals surface area (Å²) in [5.41, 5.74) is 2.76. The van der Waals surface area contributed by atoms with Gasteiger partial charge >= 0.3 is 0 Å². The van der Waals surface area contributed by atoms with Crippen LogP contribution in [0, 0.1) is 5.92 Å². The molecule has 1 amide bonds. The standard InChI is InChI=1S/C18H21N7O.ClH/c1-24-11-20-23-17(24)12-4-3-5-14(6-12)22-18(26)16-9-19-8-15(16)13-7-21-25(2)10-13;/h3-7,10-11,15-16,19H,8-9H2,1-2H3,(H,22,26);1H/t15-,16+;/m1./s1. The minimum atomic E-state index is -0.127. The highest BCUT2D eigenvalue weighted by Gasteiger charge is 2.34. The lowest BCUT2D eigenvalue weighted by atomic mass is 9.90. The van der Waals surface area contributed by atoms with Crippen molar-refractivity contribution < 1.29 is 4.79 Å². The molecule has 1 aliphatic rings. The Balaban J connectivity index is 0.00000210. The largest absolute Gasteiger partial charge is 0.326 e. The third-order valence-corrected chi connectivity index (χ3v) is 4.80. The van der Waals surface area contributed by atoms with Gasteiger partial charge in [0.25, 0.3) is 0 Å². The molecule has 0 radical (unpaired) electrons. The molecule has 1 saturated heterocycles. The van der Waals surface area contributed by atoms with Gasteiger partial charge in [-0.25, -0.2) is 0 Å². The Labute approximate surface area is 163 Å². The molecule has 0 spiro atoms.